The van der Waals surface area contributed by atoms with Crippen LogP contribution in [0.5, 0.6) is 5.75 Å². The molecule has 0 fully saturated rings. The standard InChI is InChI=1S/C24H23F3N2O2/c1-15-6-9-20-19(11-15)21(13-22(29-20)24(25,26)27)31-10-4-2-3-5-16-7-8-18-17(12-16)14-28-23(18)30/h6-9,11-13H,2-5,10,14H2,1H3,(H,28,30). The summed E-state index contributed by atoms with van der Waals surface area (Å²) in [7, 11) is 0. The molecular formula is C24H23F3N2O2. The molecule has 1 amide bonds. The van der Waals surface area contributed by atoms with Crippen LogP contribution in [0.25, 0.3) is 10.9 Å². The molecule has 3 aromatic rings. The van der Waals surface area contributed by atoms with Crippen LogP contribution in [0.3, 0.4) is 0 Å². The van der Waals surface area contributed by atoms with E-state index in [0.717, 1.165) is 48.4 Å². The van der Waals surface area contributed by atoms with E-state index >= 15 is 0 Å². The second-order valence-corrected chi connectivity index (χ2v) is 7.86. The molecule has 0 saturated carbocycles. The van der Waals surface area contributed by atoms with Crippen molar-refractivity contribution in [2.45, 2.75) is 45.3 Å². The predicted molar refractivity (Wildman–Crippen MR) is 112 cm³/mol. The fourth-order valence-electron chi connectivity index (χ4n) is 3.80. The molecule has 0 bridgehead atoms. The summed E-state index contributed by atoms with van der Waals surface area (Å²) in [6.07, 6.45) is -1.07. The van der Waals surface area contributed by atoms with Gasteiger partial charge in [0.15, 0.2) is 0 Å². The van der Waals surface area contributed by atoms with Gasteiger partial charge >= 0.3 is 6.18 Å². The second-order valence-electron chi connectivity index (χ2n) is 7.86. The van der Waals surface area contributed by atoms with Gasteiger partial charge in [0, 0.05) is 23.6 Å². The van der Waals surface area contributed by atoms with Gasteiger partial charge in [0.05, 0.1) is 12.1 Å². The molecule has 0 unspecified atom stereocenters. The summed E-state index contributed by atoms with van der Waals surface area (Å²) in [6, 6.07) is 12.0. The number of fused-ring (bicyclic) bond motifs is 2. The van der Waals surface area contributed by atoms with Gasteiger partial charge in [-0.1, -0.05) is 23.8 Å². The molecule has 1 aromatic heterocycles. The molecule has 0 radical (unpaired) electrons. The first-order valence-electron chi connectivity index (χ1n) is 10.3. The summed E-state index contributed by atoms with van der Waals surface area (Å²) < 4.78 is 45.3. The molecule has 0 atom stereocenters. The van der Waals surface area contributed by atoms with E-state index in [2.05, 4.69) is 16.4 Å². The van der Waals surface area contributed by atoms with Gasteiger partial charge in [-0.3, -0.25) is 4.79 Å². The number of nitrogens with one attached hydrogen (secondary N) is 1. The zero-order chi connectivity index (χ0) is 22.0. The van der Waals surface area contributed by atoms with Crippen LogP contribution in [0, 0.1) is 6.92 Å². The highest BCUT2D eigenvalue weighted by atomic mass is 19.4. The smallest absolute Gasteiger partial charge is 0.433 e. The van der Waals surface area contributed by atoms with E-state index in [1.807, 2.05) is 19.1 Å². The number of carbonyl (C=O) groups excluding carboxylic acids is 1. The first-order chi connectivity index (χ1) is 14.8. The number of ether oxygens (including phenoxy) is 1. The Hall–Kier alpha value is -3.09. The first-order valence-corrected chi connectivity index (χ1v) is 10.3. The molecule has 4 nitrogen and oxygen atoms in total. The molecule has 4 rings (SSSR count). The third-order valence-corrected chi connectivity index (χ3v) is 5.44. The highest BCUT2D eigenvalue weighted by molar-refractivity contribution is 5.98. The number of rotatable bonds is 7. The van der Waals surface area contributed by atoms with Gasteiger partial charge in [0.1, 0.15) is 11.4 Å². The van der Waals surface area contributed by atoms with Crippen molar-refractivity contribution in [1.82, 2.24) is 10.3 Å². The highest BCUT2D eigenvalue weighted by Crippen LogP contribution is 2.34. The lowest BCUT2D eigenvalue weighted by Gasteiger charge is -2.13. The lowest BCUT2D eigenvalue weighted by Crippen LogP contribution is -2.12. The number of halogens is 3. The number of aryl methyl sites for hydroxylation is 2. The third kappa shape index (κ3) is 4.81. The minimum Gasteiger partial charge on any atom is -0.493 e. The van der Waals surface area contributed by atoms with Gasteiger partial charge in [0.2, 0.25) is 0 Å². The predicted octanol–water partition coefficient (Wildman–Crippen LogP) is 5.60. The Bertz CT molecular complexity index is 1130. The summed E-state index contributed by atoms with van der Waals surface area (Å²) in [5.41, 5.74) is 3.23. The molecule has 1 aliphatic heterocycles. The molecule has 0 saturated heterocycles. The Morgan fingerprint density at radius 3 is 2.71 bits per heavy atom. The van der Waals surface area contributed by atoms with Gasteiger partial charge in [-0.05, 0) is 61.9 Å². The molecule has 1 N–H and O–H groups in total. The van der Waals surface area contributed by atoms with Crippen LogP contribution in [-0.2, 0) is 19.1 Å². The molecule has 1 aliphatic rings. The molecule has 7 heteroatoms. The summed E-state index contributed by atoms with van der Waals surface area (Å²) >= 11 is 0. The zero-order valence-electron chi connectivity index (χ0n) is 17.2. The summed E-state index contributed by atoms with van der Waals surface area (Å²) in [4.78, 5) is 15.3. The van der Waals surface area contributed by atoms with E-state index in [9.17, 15) is 18.0 Å². The van der Waals surface area contributed by atoms with Crippen LogP contribution in [0.15, 0.2) is 42.5 Å². The number of amides is 1. The number of carbonyl (C=O) groups is 1. The largest absolute Gasteiger partial charge is 0.493 e. The minimum atomic E-state index is -4.52. The number of alkyl halides is 3. The topological polar surface area (TPSA) is 51.2 Å². The third-order valence-electron chi connectivity index (χ3n) is 5.44. The average Bonchev–Trinajstić information content (AvgIpc) is 3.10. The van der Waals surface area contributed by atoms with E-state index in [1.54, 1.807) is 18.2 Å². The Labute approximate surface area is 178 Å². The Kier molecular flexibility index (Phi) is 5.85. The van der Waals surface area contributed by atoms with Crippen molar-refractivity contribution in [3.05, 3.63) is 70.4 Å². The summed E-state index contributed by atoms with van der Waals surface area (Å²) in [5.74, 6) is 0.197. The Morgan fingerprint density at radius 2 is 1.90 bits per heavy atom. The van der Waals surface area contributed by atoms with Crippen LogP contribution in [-0.4, -0.2) is 17.5 Å². The Morgan fingerprint density at radius 1 is 1.06 bits per heavy atom. The minimum absolute atomic E-state index is 0.0220. The molecule has 31 heavy (non-hydrogen) atoms. The number of nitrogens with zero attached hydrogens (tertiary/aromatic N) is 1. The summed E-state index contributed by atoms with van der Waals surface area (Å²) in [5, 5.41) is 3.40. The van der Waals surface area contributed by atoms with E-state index in [1.165, 1.54) is 5.56 Å². The maximum absolute atomic E-state index is 13.2. The molecular weight excluding hydrogens is 405 g/mol. The van der Waals surface area contributed by atoms with Gasteiger partial charge in [-0.15, -0.1) is 0 Å². The van der Waals surface area contributed by atoms with Crippen molar-refractivity contribution >= 4 is 16.8 Å². The lowest BCUT2D eigenvalue weighted by molar-refractivity contribution is -0.141. The Balaban J connectivity index is 1.33. The fraction of sp³-hybridized carbons (Fsp3) is 0.333. The zero-order valence-corrected chi connectivity index (χ0v) is 17.2. The van der Waals surface area contributed by atoms with Gasteiger partial charge in [-0.2, -0.15) is 13.2 Å². The number of hydrogen-bond acceptors (Lipinski definition) is 3. The SMILES string of the molecule is Cc1ccc2nc(C(F)(F)F)cc(OCCCCCc3ccc4c(c3)CNC4=O)c2c1. The molecule has 0 aliphatic carbocycles. The van der Waals surface area contributed by atoms with E-state index < -0.39 is 11.9 Å². The number of hydrogen-bond donors (Lipinski definition) is 1. The number of unbranched alkanes of at least 4 members (excludes halogenated alkanes) is 2. The average molecular weight is 428 g/mol. The first kappa shape index (κ1) is 21.2. The van der Waals surface area contributed by atoms with Crippen molar-refractivity contribution in [3.63, 3.8) is 0 Å². The summed E-state index contributed by atoms with van der Waals surface area (Å²) in [6.45, 7) is 2.80. The quantitative estimate of drug-likeness (QED) is 0.499. The van der Waals surface area contributed by atoms with E-state index in [-0.39, 0.29) is 17.2 Å². The lowest BCUT2D eigenvalue weighted by atomic mass is 10.0. The molecule has 2 heterocycles. The normalized spacial score (nSPS) is 13.4. The van der Waals surface area contributed by atoms with E-state index in [0.29, 0.717) is 18.5 Å². The van der Waals surface area contributed by atoms with Crippen LogP contribution in [0.2, 0.25) is 0 Å². The van der Waals surface area contributed by atoms with Crippen LogP contribution in [0.1, 0.15) is 52.0 Å². The maximum atomic E-state index is 13.2. The van der Waals surface area contributed by atoms with Gasteiger partial charge in [-0.25, -0.2) is 4.98 Å². The van der Waals surface area contributed by atoms with Crippen molar-refractivity contribution in [2.24, 2.45) is 0 Å². The molecule has 162 valence electrons. The van der Waals surface area contributed by atoms with Crippen molar-refractivity contribution < 1.29 is 22.7 Å². The van der Waals surface area contributed by atoms with Gasteiger partial charge in [0.25, 0.3) is 5.91 Å². The van der Waals surface area contributed by atoms with Crippen LogP contribution < -0.4 is 10.1 Å². The van der Waals surface area contributed by atoms with E-state index in [4.69, 9.17) is 4.74 Å². The van der Waals surface area contributed by atoms with Crippen molar-refractivity contribution in [2.75, 3.05) is 6.61 Å². The maximum Gasteiger partial charge on any atom is 0.433 e. The van der Waals surface area contributed by atoms with Crippen LogP contribution >= 0.6 is 0 Å². The van der Waals surface area contributed by atoms with Gasteiger partial charge < -0.3 is 10.1 Å². The second kappa shape index (κ2) is 8.57. The monoisotopic (exact) mass is 428 g/mol. The number of aromatic nitrogens is 1. The highest BCUT2D eigenvalue weighted by Gasteiger charge is 2.33. The number of benzene rings is 2. The van der Waals surface area contributed by atoms with Crippen molar-refractivity contribution in [3.8, 4) is 5.75 Å². The molecule has 2 aromatic carbocycles. The van der Waals surface area contributed by atoms with Crippen molar-refractivity contribution in [1.29, 1.82) is 0 Å². The fourth-order valence-corrected chi connectivity index (χ4v) is 3.80. The molecule has 0 spiro atoms. The van der Waals surface area contributed by atoms with Crippen LogP contribution in [0.4, 0.5) is 13.2 Å². The number of pyridine rings is 1.